The van der Waals surface area contributed by atoms with Crippen LogP contribution in [0.4, 0.5) is 0 Å². The summed E-state index contributed by atoms with van der Waals surface area (Å²) in [6.45, 7) is -0.00713. The molecule has 138 valence electrons. The number of nitrogens with one attached hydrogen (secondary N) is 1. The fourth-order valence-electron chi connectivity index (χ4n) is 2.42. The number of rotatable bonds is 10. The van der Waals surface area contributed by atoms with Gasteiger partial charge in [0.05, 0.1) is 7.11 Å². The third kappa shape index (κ3) is 6.84. The maximum absolute atomic E-state index is 12.0. The molecular formula is C20H23NO5. The molecule has 0 spiro atoms. The number of hydrogen-bond acceptors (Lipinski definition) is 4. The Kier molecular flexibility index (Phi) is 7.49. The van der Waals surface area contributed by atoms with Crippen LogP contribution in [-0.4, -0.2) is 30.7 Å². The number of carbonyl (C=O) groups is 2. The summed E-state index contributed by atoms with van der Waals surface area (Å²) in [5.74, 6) is 0.246. The molecule has 6 nitrogen and oxygen atoms in total. The Labute approximate surface area is 152 Å². The van der Waals surface area contributed by atoms with E-state index < -0.39 is 5.97 Å². The largest absolute Gasteiger partial charge is 0.497 e. The zero-order valence-electron chi connectivity index (χ0n) is 14.7. The molecule has 6 heteroatoms. The summed E-state index contributed by atoms with van der Waals surface area (Å²) >= 11 is 0. The third-order valence-corrected chi connectivity index (χ3v) is 3.78. The van der Waals surface area contributed by atoms with E-state index >= 15 is 0 Å². The van der Waals surface area contributed by atoms with Gasteiger partial charge in [-0.05, 0) is 48.2 Å². The van der Waals surface area contributed by atoms with E-state index in [-0.39, 0.29) is 12.5 Å². The van der Waals surface area contributed by atoms with Gasteiger partial charge in [0.15, 0.2) is 6.61 Å². The van der Waals surface area contributed by atoms with E-state index in [0.717, 1.165) is 24.2 Å². The molecule has 0 aliphatic rings. The fourth-order valence-corrected chi connectivity index (χ4v) is 2.42. The molecular weight excluding hydrogens is 334 g/mol. The number of carbonyl (C=O) groups excluding carboxylic acids is 1. The van der Waals surface area contributed by atoms with Gasteiger partial charge in [-0.15, -0.1) is 0 Å². The van der Waals surface area contributed by atoms with E-state index in [2.05, 4.69) is 5.32 Å². The molecule has 0 heterocycles. The van der Waals surface area contributed by atoms with Crippen molar-refractivity contribution in [2.24, 2.45) is 0 Å². The lowest BCUT2D eigenvalue weighted by Crippen LogP contribution is -2.22. The normalized spacial score (nSPS) is 10.2. The van der Waals surface area contributed by atoms with Gasteiger partial charge in [-0.3, -0.25) is 4.79 Å². The Hall–Kier alpha value is -3.02. The van der Waals surface area contributed by atoms with Gasteiger partial charge in [-0.25, -0.2) is 4.79 Å². The van der Waals surface area contributed by atoms with Crippen LogP contribution in [0.25, 0.3) is 0 Å². The van der Waals surface area contributed by atoms with Gasteiger partial charge in [0.25, 0.3) is 0 Å². The summed E-state index contributed by atoms with van der Waals surface area (Å²) in [6, 6.07) is 14.8. The third-order valence-electron chi connectivity index (χ3n) is 3.78. The quantitative estimate of drug-likeness (QED) is 0.683. The average Bonchev–Trinajstić information content (AvgIpc) is 2.65. The molecule has 0 radical (unpaired) electrons. The second-order valence-corrected chi connectivity index (χ2v) is 5.81. The Morgan fingerprint density at radius 3 is 2.50 bits per heavy atom. The van der Waals surface area contributed by atoms with Crippen LogP contribution in [0.1, 0.15) is 24.0 Å². The van der Waals surface area contributed by atoms with Gasteiger partial charge in [0, 0.05) is 13.0 Å². The predicted molar refractivity (Wildman–Crippen MR) is 97.4 cm³/mol. The fraction of sp³-hybridized carbons (Fsp3) is 0.300. The van der Waals surface area contributed by atoms with Crippen molar-refractivity contribution < 1.29 is 24.2 Å². The van der Waals surface area contributed by atoms with Crippen LogP contribution in [0.3, 0.4) is 0 Å². The second-order valence-electron chi connectivity index (χ2n) is 5.81. The smallest absolute Gasteiger partial charge is 0.341 e. The number of amides is 1. The first-order valence-corrected chi connectivity index (χ1v) is 8.40. The Bertz CT molecular complexity index is 727. The zero-order valence-corrected chi connectivity index (χ0v) is 14.7. The number of ether oxygens (including phenoxy) is 2. The van der Waals surface area contributed by atoms with Gasteiger partial charge in [0.2, 0.25) is 5.91 Å². The summed E-state index contributed by atoms with van der Waals surface area (Å²) in [6.07, 6.45) is 2.04. The summed E-state index contributed by atoms with van der Waals surface area (Å²) < 4.78 is 10.2. The first-order valence-electron chi connectivity index (χ1n) is 8.40. The van der Waals surface area contributed by atoms with Crippen LogP contribution in [0.15, 0.2) is 48.5 Å². The van der Waals surface area contributed by atoms with Gasteiger partial charge >= 0.3 is 5.97 Å². The number of aliphatic carboxylic acids is 1. The minimum absolute atomic E-state index is 0.0182. The molecule has 2 rings (SSSR count). The first-order chi connectivity index (χ1) is 12.6. The molecule has 2 aromatic carbocycles. The number of methoxy groups -OCH3 is 1. The van der Waals surface area contributed by atoms with E-state index in [1.807, 2.05) is 30.3 Å². The molecule has 2 N–H and O–H groups in total. The molecule has 0 aliphatic carbocycles. The Morgan fingerprint density at radius 1 is 1.04 bits per heavy atom. The molecule has 0 aromatic heterocycles. The SMILES string of the molecule is COc1ccc(CCCC(=O)NCc2cccc(OCC(=O)O)c2)cc1. The maximum atomic E-state index is 12.0. The summed E-state index contributed by atoms with van der Waals surface area (Å²) in [5, 5.41) is 11.5. The van der Waals surface area contributed by atoms with E-state index in [1.165, 1.54) is 5.56 Å². The molecule has 0 atom stereocenters. The molecule has 0 unspecified atom stereocenters. The summed E-state index contributed by atoms with van der Waals surface area (Å²) in [4.78, 5) is 22.5. The minimum atomic E-state index is -1.03. The molecule has 0 fully saturated rings. The van der Waals surface area contributed by atoms with Crippen molar-refractivity contribution in [3.05, 3.63) is 59.7 Å². The van der Waals surface area contributed by atoms with Crippen molar-refractivity contribution in [1.82, 2.24) is 5.32 Å². The van der Waals surface area contributed by atoms with Crippen LogP contribution in [0, 0.1) is 0 Å². The van der Waals surface area contributed by atoms with Crippen LogP contribution in [-0.2, 0) is 22.6 Å². The van der Waals surface area contributed by atoms with E-state index in [0.29, 0.717) is 18.7 Å². The van der Waals surface area contributed by atoms with Crippen LogP contribution < -0.4 is 14.8 Å². The Morgan fingerprint density at radius 2 is 1.81 bits per heavy atom. The molecule has 0 aliphatic heterocycles. The highest BCUT2D eigenvalue weighted by molar-refractivity contribution is 5.75. The molecule has 0 saturated heterocycles. The Balaban J connectivity index is 1.71. The van der Waals surface area contributed by atoms with Gasteiger partial charge in [-0.2, -0.15) is 0 Å². The van der Waals surface area contributed by atoms with Crippen LogP contribution >= 0.6 is 0 Å². The summed E-state index contributed by atoms with van der Waals surface area (Å²) in [7, 11) is 1.63. The molecule has 1 amide bonds. The summed E-state index contributed by atoms with van der Waals surface area (Å²) in [5.41, 5.74) is 2.03. The number of benzene rings is 2. The van der Waals surface area contributed by atoms with Crippen molar-refractivity contribution in [2.75, 3.05) is 13.7 Å². The van der Waals surface area contributed by atoms with E-state index in [4.69, 9.17) is 14.6 Å². The highest BCUT2D eigenvalue weighted by Crippen LogP contribution is 2.14. The number of hydrogen-bond donors (Lipinski definition) is 2. The minimum Gasteiger partial charge on any atom is -0.497 e. The number of carboxylic acids is 1. The van der Waals surface area contributed by atoms with Crippen molar-refractivity contribution in [3.63, 3.8) is 0 Å². The van der Waals surface area contributed by atoms with Crippen molar-refractivity contribution in [2.45, 2.75) is 25.8 Å². The molecule has 0 saturated carbocycles. The molecule has 26 heavy (non-hydrogen) atoms. The highest BCUT2D eigenvalue weighted by Gasteiger charge is 2.04. The van der Waals surface area contributed by atoms with Gasteiger partial charge in [-0.1, -0.05) is 24.3 Å². The van der Waals surface area contributed by atoms with Gasteiger partial charge < -0.3 is 19.9 Å². The van der Waals surface area contributed by atoms with E-state index in [9.17, 15) is 9.59 Å². The lowest BCUT2D eigenvalue weighted by Gasteiger charge is -2.08. The van der Waals surface area contributed by atoms with Crippen molar-refractivity contribution in [3.8, 4) is 11.5 Å². The molecule has 2 aromatic rings. The lowest BCUT2D eigenvalue weighted by molar-refractivity contribution is -0.139. The highest BCUT2D eigenvalue weighted by atomic mass is 16.5. The number of aryl methyl sites for hydroxylation is 1. The van der Waals surface area contributed by atoms with Crippen LogP contribution in [0.2, 0.25) is 0 Å². The average molecular weight is 357 g/mol. The van der Waals surface area contributed by atoms with Crippen molar-refractivity contribution >= 4 is 11.9 Å². The number of carboxylic acid groups (broad SMARTS) is 1. The van der Waals surface area contributed by atoms with Crippen LogP contribution in [0.5, 0.6) is 11.5 Å². The zero-order chi connectivity index (χ0) is 18.8. The predicted octanol–water partition coefficient (Wildman–Crippen LogP) is 2.80. The lowest BCUT2D eigenvalue weighted by atomic mass is 10.1. The topological polar surface area (TPSA) is 84.9 Å². The standard InChI is InChI=1S/C20H23NO5/c1-25-17-10-8-15(9-11-17)4-3-7-19(22)21-13-16-5-2-6-18(12-16)26-14-20(23)24/h2,5-6,8-12H,3-4,7,13-14H2,1H3,(H,21,22)(H,23,24). The van der Waals surface area contributed by atoms with E-state index in [1.54, 1.807) is 25.3 Å². The molecule has 0 bridgehead atoms. The second kappa shape index (κ2) is 10.1. The monoisotopic (exact) mass is 357 g/mol. The first kappa shape index (κ1) is 19.3. The van der Waals surface area contributed by atoms with Gasteiger partial charge in [0.1, 0.15) is 11.5 Å². The van der Waals surface area contributed by atoms with Crippen molar-refractivity contribution in [1.29, 1.82) is 0 Å². The maximum Gasteiger partial charge on any atom is 0.341 e.